The van der Waals surface area contributed by atoms with Crippen LogP contribution in [0.5, 0.6) is 0 Å². The maximum absolute atomic E-state index is 12.5. The number of carbonyl (C=O) groups excluding carboxylic acids is 2. The molecule has 0 saturated heterocycles. The van der Waals surface area contributed by atoms with E-state index in [0.717, 1.165) is 31.3 Å². The van der Waals surface area contributed by atoms with Gasteiger partial charge in [-0.2, -0.15) is 0 Å². The lowest BCUT2D eigenvalue weighted by molar-refractivity contribution is -0.122. The van der Waals surface area contributed by atoms with Crippen LogP contribution in [0.15, 0.2) is 11.1 Å². The van der Waals surface area contributed by atoms with Crippen LogP contribution >= 0.6 is 0 Å². The molecule has 3 heteroatoms. The Kier molecular flexibility index (Phi) is 5.00. The minimum absolute atomic E-state index is 0.103. The quantitative estimate of drug-likeness (QED) is 0.717. The molecule has 0 radical (unpaired) electrons. The van der Waals surface area contributed by atoms with Gasteiger partial charge in [0.25, 0.3) is 0 Å². The van der Waals surface area contributed by atoms with Crippen LogP contribution in [0.3, 0.4) is 0 Å². The largest absolute Gasteiger partial charge is 0.372 e. The Balaban J connectivity index is 1.85. The van der Waals surface area contributed by atoms with Crippen molar-refractivity contribution in [3.63, 3.8) is 0 Å². The summed E-state index contributed by atoms with van der Waals surface area (Å²) in [7, 11) is 0. The van der Waals surface area contributed by atoms with Crippen LogP contribution in [-0.4, -0.2) is 23.3 Å². The summed E-state index contributed by atoms with van der Waals surface area (Å²) in [5.74, 6) is 1.65. The lowest BCUT2D eigenvalue weighted by Crippen LogP contribution is -2.45. The Bertz CT molecular complexity index is 595. The van der Waals surface area contributed by atoms with Gasteiger partial charge in [-0.15, -0.1) is 0 Å². The van der Waals surface area contributed by atoms with Crippen molar-refractivity contribution >= 4 is 11.6 Å². The Morgan fingerprint density at radius 2 is 1.92 bits per heavy atom. The molecule has 0 unspecified atom stereocenters. The molecule has 0 aromatic carbocycles. The SMILES string of the molecule is CC(=O)CCC1=C2CC[C@]3(C)[C@@H](OC(C)(C)C)CC[C@H]3[C@@H]2CCC1=O. The summed E-state index contributed by atoms with van der Waals surface area (Å²) in [5, 5.41) is 0. The normalized spacial score (nSPS) is 35.6. The molecule has 4 atom stereocenters. The van der Waals surface area contributed by atoms with Crippen LogP contribution in [0.25, 0.3) is 0 Å². The van der Waals surface area contributed by atoms with Gasteiger partial charge in [0.1, 0.15) is 5.78 Å². The van der Waals surface area contributed by atoms with Crippen molar-refractivity contribution in [2.75, 3.05) is 0 Å². The summed E-state index contributed by atoms with van der Waals surface area (Å²) in [6.45, 7) is 10.5. The summed E-state index contributed by atoms with van der Waals surface area (Å²) in [5.41, 5.74) is 2.53. The van der Waals surface area contributed by atoms with Crippen LogP contribution in [-0.2, 0) is 14.3 Å². The van der Waals surface area contributed by atoms with Gasteiger partial charge in [-0.25, -0.2) is 0 Å². The average Bonchev–Trinajstić information content (AvgIpc) is 2.81. The summed E-state index contributed by atoms with van der Waals surface area (Å²) in [6.07, 6.45) is 7.64. The molecule has 3 aliphatic carbocycles. The van der Waals surface area contributed by atoms with Crippen molar-refractivity contribution in [2.24, 2.45) is 17.3 Å². The molecule has 0 amide bonds. The highest BCUT2D eigenvalue weighted by Crippen LogP contribution is 2.60. The van der Waals surface area contributed by atoms with Gasteiger partial charge in [0, 0.05) is 12.8 Å². The number of allylic oxidation sites excluding steroid dienone is 2. The van der Waals surface area contributed by atoms with Crippen LogP contribution < -0.4 is 0 Å². The van der Waals surface area contributed by atoms with Crippen LogP contribution in [0.4, 0.5) is 0 Å². The smallest absolute Gasteiger partial charge is 0.158 e. The molecule has 0 bridgehead atoms. The molecule has 0 N–H and O–H groups in total. The molecule has 0 aromatic heterocycles. The van der Waals surface area contributed by atoms with E-state index in [9.17, 15) is 9.59 Å². The van der Waals surface area contributed by atoms with E-state index in [-0.39, 0.29) is 16.8 Å². The van der Waals surface area contributed by atoms with E-state index in [0.29, 0.717) is 43.0 Å². The van der Waals surface area contributed by atoms with E-state index in [1.807, 2.05) is 0 Å². The number of hydrogen-bond acceptors (Lipinski definition) is 3. The molecule has 3 nitrogen and oxygen atoms in total. The maximum Gasteiger partial charge on any atom is 0.158 e. The highest BCUT2D eigenvalue weighted by atomic mass is 16.5. The Morgan fingerprint density at radius 3 is 2.56 bits per heavy atom. The summed E-state index contributed by atoms with van der Waals surface area (Å²) in [4.78, 5) is 23.9. The molecule has 2 saturated carbocycles. The molecule has 25 heavy (non-hydrogen) atoms. The zero-order chi connectivity index (χ0) is 18.4. The molecule has 3 rings (SSSR count). The van der Waals surface area contributed by atoms with Crippen LogP contribution in [0, 0.1) is 17.3 Å². The number of rotatable bonds is 4. The third kappa shape index (κ3) is 3.63. The molecule has 0 heterocycles. The second-order valence-corrected chi connectivity index (χ2v) is 9.68. The van der Waals surface area contributed by atoms with E-state index < -0.39 is 0 Å². The fourth-order valence-electron chi connectivity index (χ4n) is 5.66. The first-order valence-corrected chi connectivity index (χ1v) is 10.0. The van der Waals surface area contributed by atoms with E-state index in [1.54, 1.807) is 6.92 Å². The van der Waals surface area contributed by atoms with Gasteiger partial charge in [-0.1, -0.05) is 12.5 Å². The summed E-state index contributed by atoms with van der Waals surface area (Å²) >= 11 is 0. The van der Waals surface area contributed by atoms with Gasteiger partial charge in [-0.05, 0) is 89.0 Å². The van der Waals surface area contributed by atoms with E-state index in [1.165, 1.54) is 12.0 Å². The van der Waals surface area contributed by atoms with Crippen molar-refractivity contribution in [1.29, 1.82) is 0 Å². The predicted molar refractivity (Wildman–Crippen MR) is 99.4 cm³/mol. The van der Waals surface area contributed by atoms with Gasteiger partial charge in [0.15, 0.2) is 5.78 Å². The number of Topliss-reactive ketones (excluding diaryl/α,β-unsaturated/α-hetero) is 2. The average molecular weight is 347 g/mol. The van der Waals surface area contributed by atoms with Crippen molar-refractivity contribution in [2.45, 2.75) is 97.7 Å². The molecule has 3 aliphatic rings. The fourth-order valence-corrected chi connectivity index (χ4v) is 5.66. The first kappa shape index (κ1) is 18.8. The van der Waals surface area contributed by atoms with Crippen molar-refractivity contribution in [3.8, 4) is 0 Å². The minimum Gasteiger partial charge on any atom is -0.372 e. The van der Waals surface area contributed by atoms with Gasteiger partial charge in [0.05, 0.1) is 11.7 Å². The number of ether oxygens (including phenoxy) is 1. The summed E-state index contributed by atoms with van der Waals surface area (Å²) in [6, 6.07) is 0. The van der Waals surface area contributed by atoms with Crippen LogP contribution in [0.1, 0.15) is 86.0 Å². The molecular weight excluding hydrogens is 312 g/mol. The second kappa shape index (κ2) is 6.64. The highest BCUT2D eigenvalue weighted by Gasteiger charge is 2.54. The number of ketones is 2. The molecule has 0 aromatic rings. The topological polar surface area (TPSA) is 43.4 Å². The molecular formula is C22H34O3. The molecule has 0 spiro atoms. The zero-order valence-corrected chi connectivity index (χ0v) is 16.6. The minimum atomic E-state index is -0.103. The fraction of sp³-hybridized carbons (Fsp3) is 0.818. The van der Waals surface area contributed by atoms with Gasteiger partial charge < -0.3 is 9.53 Å². The molecule has 0 aliphatic heterocycles. The molecule has 2 fully saturated rings. The van der Waals surface area contributed by atoms with Crippen molar-refractivity contribution < 1.29 is 14.3 Å². The monoisotopic (exact) mass is 346 g/mol. The lowest BCUT2D eigenvalue weighted by Gasteiger charge is -2.49. The lowest BCUT2D eigenvalue weighted by atomic mass is 9.58. The second-order valence-electron chi connectivity index (χ2n) is 9.68. The first-order valence-electron chi connectivity index (χ1n) is 10.0. The Hall–Kier alpha value is -0.960. The van der Waals surface area contributed by atoms with Gasteiger partial charge in [0.2, 0.25) is 0 Å². The third-order valence-corrected chi connectivity index (χ3v) is 6.82. The first-order chi connectivity index (χ1) is 11.6. The Morgan fingerprint density at radius 1 is 1.20 bits per heavy atom. The molecule has 140 valence electrons. The van der Waals surface area contributed by atoms with Crippen molar-refractivity contribution in [1.82, 2.24) is 0 Å². The zero-order valence-electron chi connectivity index (χ0n) is 16.6. The van der Waals surface area contributed by atoms with E-state index in [2.05, 4.69) is 27.7 Å². The number of hydrogen-bond donors (Lipinski definition) is 0. The van der Waals surface area contributed by atoms with Gasteiger partial charge in [-0.3, -0.25) is 4.79 Å². The predicted octanol–water partition coefficient (Wildman–Crippen LogP) is 5.03. The van der Waals surface area contributed by atoms with Gasteiger partial charge >= 0.3 is 0 Å². The summed E-state index contributed by atoms with van der Waals surface area (Å²) < 4.78 is 6.45. The Labute approximate surface area is 152 Å². The maximum atomic E-state index is 12.5. The standard InChI is InChI=1S/C22H34O3/c1-14(23)6-7-17-15-12-13-22(5)18(16(15)8-10-19(17)24)9-11-20(22)25-21(2,3)4/h16,18,20H,6-13H2,1-5H3/t16-,18+,20+,22+/m1/s1. The van der Waals surface area contributed by atoms with E-state index >= 15 is 0 Å². The van der Waals surface area contributed by atoms with Crippen LogP contribution in [0.2, 0.25) is 0 Å². The van der Waals surface area contributed by atoms with Crippen molar-refractivity contribution in [3.05, 3.63) is 11.1 Å². The highest BCUT2D eigenvalue weighted by molar-refractivity contribution is 5.97. The number of carbonyl (C=O) groups is 2. The third-order valence-electron chi connectivity index (χ3n) is 6.82. The van der Waals surface area contributed by atoms with E-state index in [4.69, 9.17) is 4.74 Å². The number of fused-ring (bicyclic) bond motifs is 3.